The summed E-state index contributed by atoms with van der Waals surface area (Å²) in [6, 6.07) is 16.0. The van der Waals surface area contributed by atoms with Crippen LogP contribution in [0.4, 0.5) is 5.69 Å². The highest BCUT2D eigenvalue weighted by molar-refractivity contribution is 5.89. The van der Waals surface area contributed by atoms with Gasteiger partial charge in [-0.25, -0.2) is 0 Å². The maximum absolute atomic E-state index is 13.2. The van der Waals surface area contributed by atoms with Gasteiger partial charge in [0.05, 0.1) is 18.8 Å². The SMILES string of the molecule is COc1ccc(NC2(C(=O)NCCCn3ncc4ccccc43)CCCCC2)cc1. The summed E-state index contributed by atoms with van der Waals surface area (Å²) in [6.07, 6.45) is 7.76. The van der Waals surface area contributed by atoms with E-state index in [-0.39, 0.29) is 5.91 Å². The first-order chi connectivity index (χ1) is 14.7. The second kappa shape index (κ2) is 9.20. The van der Waals surface area contributed by atoms with Crippen LogP contribution >= 0.6 is 0 Å². The molecular weight excluding hydrogens is 376 g/mol. The smallest absolute Gasteiger partial charge is 0.245 e. The van der Waals surface area contributed by atoms with Gasteiger partial charge in [-0.1, -0.05) is 37.5 Å². The third kappa shape index (κ3) is 4.42. The van der Waals surface area contributed by atoms with Gasteiger partial charge < -0.3 is 15.4 Å². The number of aryl methyl sites for hydroxylation is 1. The fourth-order valence-corrected chi connectivity index (χ4v) is 4.32. The van der Waals surface area contributed by atoms with Crippen LogP contribution in [0.2, 0.25) is 0 Å². The number of nitrogens with zero attached hydrogens (tertiary/aromatic N) is 2. The van der Waals surface area contributed by atoms with Crippen LogP contribution in [0.3, 0.4) is 0 Å². The van der Waals surface area contributed by atoms with Crippen molar-refractivity contribution in [2.24, 2.45) is 0 Å². The molecule has 6 nitrogen and oxygen atoms in total. The van der Waals surface area contributed by atoms with E-state index in [2.05, 4.69) is 27.9 Å². The Balaban J connectivity index is 1.36. The summed E-state index contributed by atoms with van der Waals surface area (Å²) in [7, 11) is 1.66. The van der Waals surface area contributed by atoms with Crippen LogP contribution in [0.1, 0.15) is 38.5 Å². The summed E-state index contributed by atoms with van der Waals surface area (Å²) in [4.78, 5) is 13.2. The van der Waals surface area contributed by atoms with Crippen molar-refractivity contribution in [3.63, 3.8) is 0 Å². The number of hydrogen-bond donors (Lipinski definition) is 2. The van der Waals surface area contributed by atoms with Crippen molar-refractivity contribution >= 4 is 22.5 Å². The molecule has 1 heterocycles. The van der Waals surface area contributed by atoms with Gasteiger partial charge in [-0.05, 0) is 49.6 Å². The standard InChI is InChI=1S/C24H30N4O2/c1-30-21-12-10-20(11-13-21)27-24(14-5-2-6-15-24)23(29)25-16-7-17-28-22-9-4-3-8-19(22)18-26-28/h3-4,8-13,18,27H,2,5-7,14-17H2,1H3,(H,25,29). The molecule has 0 aliphatic heterocycles. The largest absolute Gasteiger partial charge is 0.497 e. The number of methoxy groups -OCH3 is 1. The summed E-state index contributed by atoms with van der Waals surface area (Å²) < 4.78 is 7.25. The summed E-state index contributed by atoms with van der Waals surface area (Å²) >= 11 is 0. The van der Waals surface area contributed by atoms with Crippen LogP contribution in [0, 0.1) is 0 Å². The van der Waals surface area contributed by atoms with Gasteiger partial charge in [-0.2, -0.15) is 5.10 Å². The highest BCUT2D eigenvalue weighted by Gasteiger charge is 2.39. The van der Waals surface area contributed by atoms with Crippen molar-refractivity contribution in [3.05, 3.63) is 54.7 Å². The Morgan fingerprint density at radius 2 is 1.87 bits per heavy atom. The monoisotopic (exact) mass is 406 g/mol. The van der Waals surface area contributed by atoms with Gasteiger partial charge in [0.2, 0.25) is 5.91 Å². The van der Waals surface area contributed by atoms with Crippen LogP contribution in [-0.2, 0) is 11.3 Å². The zero-order valence-corrected chi connectivity index (χ0v) is 17.6. The number of nitrogens with one attached hydrogen (secondary N) is 2. The first kappa shape index (κ1) is 20.3. The second-order valence-electron chi connectivity index (χ2n) is 8.03. The third-order valence-electron chi connectivity index (χ3n) is 6.00. The van der Waals surface area contributed by atoms with E-state index >= 15 is 0 Å². The number of carbonyl (C=O) groups is 1. The van der Waals surface area contributed by atoms with E-state index in [0.717, 1.165) is 61.0 Å². The molecular formula is C24H30N4O2. The van der Waals surface area contributed by atoms with Gasteiger partial charge in [0.15, 0.2) is 0 Å². The lowest BCUT2D eigenvalue weighted by Crippen LogP contribution is -2.54. The van der Waals surface area contributed by atoms with E-state index in [1.165, 1.54) is 6.42 Å². The Hall–Kier alpha value is -3.02. The van der Waals surface area contributed by atoms with E-state index in [4.69, 9.17) is 4.74 Å². The quantitative estimate of drug-likeness (QED) is 0.545. The second-order valence-corrected chi connectivity index (χ2v) is 8.03. The Labute approximate surface area is 177 Å². The molecule has 2 N–H and O–H groups in total. The average molecular weight is 407 g/mol. The van der Waals surface area contributed by atoms with Crippen LogP contribution in [0.25, 0.3) is 10.9 Å². The Kier molecular flexibility index (Phi) is 6.21. The Morgan fingerprint density at radius 3 is 2.63 bits per heavy atom. The lowest BCUT2D eigenvalue weighted by atomic mass is 9.80. The van der Waals surface area contributed by atoms with Crippen molar-refractivity contribution in [1.82, 2.24) is 15.1 Å². The minimum absolute atomic E-state index is 0.100. The van der Waals surface area contributed by atoms with Crippen LogP contribution in [-0.4, -0.2) is 34.9 Å². The lowest BCUT2D eigenvalue weighted by molar-refractivity contribution is -0.126. The number of ether oxygens (including phenoxy) is 1. The first-order valence-corrected chi connectivity index (χ1v) is 10.8. The Morgan fingerprint density at radius 1 is 1.10 bits per heavy atom. The fourth-order valence-electron chi connectivity index (χ4n) is 4.32. The summed E-state index contributed by atoms with van der Waals surface area (Å²) in [5.74, 6) is 0.914. The summed E-state index contributed by atoms with van der Waals surface area (Å²) in [5, 5.41) is 12.3. The lowest BCUT2D eigenvalue weighted by Gasteiger charge is -2.37. The number of carbonyl (C=O) groups excluding carboxylic acids is 1. The van der Waals surface area contributed by atoms with Gasteiger partial charge in [0, 0.05) is 24.2 Å². The molecule has 0 spiro atoms. The predicted molar refractivity (Wildman–Crippen MR) is 120 cm³/mol. The number of fused-ring (bicyclic) bond motifs is 1. The number of amides is 1. The van der Waals surface area contributed by atoms with Crippen molar-refractivity contribution in [2.45, 2.75) is 50.6 Å². The normalized spacial score (nSPS) is 15.6. The molecule has 3 aromatic rings. The van der Waals surface area contributed by atoms with Crippen molar-refractivity contribution in [1.29, 1.82) is 0 Å². The molecule has 4 rings (SSSR count). The fraction of sp³-hybridized carbons (Fsp3) is 0.417. The number of aromatic nitrogens is 2. The highest BCUT2D eigenvalue weighted by atomic mass is 16.5. The van der Waals surface area contributed by atoms with Gasteiger partial charge in [-0.15, -0.1) is 0 Å². The molecule has 0 saturated heterocycles. The molecule has 6 heteroatoms. The maximum Gasteiger partial charge on any atom is 0.245 e. The molecule has 1 amide bonds. The zero-order valence-electron chi connectivity index (χ0n) is 17.6. The molecule has 1 aliphatic carbocycles. The molecule has 1 saturated carbocycles. The molecule has 1 aliphatic rings. The first-order valence-electron chi connectivity index (χ1n) is 10.8. The molecule has 0 atom stereocenters. The minimum atomic E-state index is -0.536. The average Bonchev–Trinajstić information content (AvgIpc) is 3.21. The number of anilines is 1. The van der Waals surface area contributed by atoms with Crippen molar-refractivity contribution < 1.29 is 9.53 Å². The van der Waals surface area contributed by atoms with Crippen LogP contribution in [0.15, 0.2) is 54.7 Å². The molecule has 1 fully saturated rings. The molecule has 0 unspecified atom stereocenters. The molecule has 158 valence electrons. The molecule has 0 bridgehead atoms. The number of hydrogen-bond acceptors (Lipinski definition) is 4. The number of para-hydroxylation sites is 1. The maximum atomic E-state index is 13.2. The van der Waals surface area contributed by atoms with Crippen molar-refractivity contribution in [2.75, 3.05) is 19.0 Å². The van der Waals surface area contributed by atoms with Gasteiger partial charge in [-0.3, -0.25) is 9.48 Å². The minimum Gasteiger partial charge on any atom is -0.497 e. The molecule has 30 heavy (non-hydrogen) atoms. The Bertz CT molecular complexity index is 974. The third-order valence-corrected chi connectivity index (χ3v) is 6.00. The van der Waals surface area contributed by atoms with Gasteiger partial charge >= 0.3 is 0 Å². The van der Waals surface area contributed by atoms with Crippen molar-refractivity contribution in [3.8, 4) is 5.75 Å². The molecule has 2 aromatic carbocycles. The number of rotatable bonds is 8. The number of benzene rings is 2. The van der Waals surface area contributed by atoms with Gasteiger partial charge in [0.25, 0.3) is 0 Å². The van der Waals surface area contributed by atoms with E-state index in [0.29, 0.717) is 6.54 Å². The topological polar surface area (TPSA) is 68.2 Å². The summed E-state index contributed by atoms with van der Waals surface area (Å²) in [6.45, 7) is 1.42. The van der Waals surface area contributed by atoms with E-state index in [1.54, 1.807) is 7.11 Å². The zero-order chi connectivity index (χ0) is 20.8. The van der Waals surface area contributed by atoms with Crippen LogP contribution < -0.4 is 15.4 Å². The van der Waals surface area contributed by atoms with Gasteiger partial charge in [0.1, 0.15) is 11.3 Å². The summed E-state index contributed by atoms with van der Waals surface area (Å²) in [5.41, 5.74) is 1.55. The molecule has 0 radical (unpaired) electrons. The predicted octanol–water partition coefficient (Wildman–Crippen LogP) is 4.37. The van der Waals surface area contributed by atoms with E-state index in [9.17, 15) is 4.79 Å². The van der Waals surface area contributed by atoms with E-state index < -0.39 is 5.54 Å². The highest BCUT2D eigenvalue weighted by Crippen LogP contribution is 2.32. The van der Waals surface area contributed by atoms with Crippen LogP contribution in [0.5, 0.6) is 5.75 Å². The molecule has 1 aromatic heterocycles. The van der Waals surface area contributed by atoms with E-state index in [1.807, 2.05) is 47.3 Å².